The minimum Gasteiger partial charge on any atom is -0.394 e. The lowest BCUT2D eigenvalue weighted by Crippen LogP contribution is -2.10. The molecule has 96 valence electrons. The molecule has 4 nitrogen and oxygen atoms in total. The molecule has 3 N–H and O–H groups in total. The number of nitrogens with two attached hydrogens (primary N) is 1. The molecule has 1 aliphatic rings. The van der Waals surface area contributed by atoms with E-state index in [1.54, 1.807) is 0 Å². The lowest BCUT2D eigenvalue weighted by atomic mass is 10.2. The van der Waals surface area contributed by atoms with Crippen LogP contribution in [0.25, 0.3) is 0 Å². The predicted octanol–water partition coefficient (Wildman–Crippen LogP) is 2.79. The van der Waals surface area contributed by atoms with E-state index in [-0.39, 0.29) is 0 Å². The molecule has 1 aromatic rings. The average Bonchev–Trinajstić information content (AvgIpc) is 3.08. The van der Waals surface area contributed by atoms with Crippen LogP contribution in [0.2, 0.25) is 0 Å². The minimum atomic E-state index is 0.810. The highest BCUT2D eigenvalue weighted by molar-refractivity contribution is 5.64. The van der Waals surface area contributed by atoms with E-state index in [2.05, 4.69) is 17.3 Å². The first-order valence-electron chi connectivity index (χ1n) is 6.79. The Balaban J connectivity index is 1.87. The summed E-state index contributed by atoms with van der Waals surface area (Å²) in [5, 5.41) is 7.90. The van der Waals surface area contributed by atoms with Crippen LogP contribution in [0.1, 0.15) is 44.7 Å². The van der Waals surface area contributed by atoms with E-state index in [4.69, 9.17) is 5.73 Å². The lowest BCUT2D eigenvalue weighted by molar-refractivity contribution is 0.600. The fraction of sp³-hybridized carbons (Fsp3) is 0.769. The molecule has 17 heavy (non-hydrogen) atoms. The summed E-state index contributed by atoms with van der Waals surface area (Å²) in [5.41, 5.74) is 7.79. The third-order valence-corrected chi connectivity index (χ3v) is 3.39. The number of aryl methyl sites for hydroxylation is 2. The fourth-order valence-corrected chi connectivity index (χ4v) is 2.16. The van der Waals surface area contributed by atoms with Gasteiger partial charge in [0.15, 0.2) is 0 Å². The zero-order valence-corrected chi connectivity index (χ0v) is 11.0. The van der Waals surface area contributed by atoms with E-state index in [0.29, 0.717) is 0 Å². The number of anilines is 2. The van der Waals surface area contributed by atoms with Gasteiger partial charge < -0.3 is 11.1 Å². The molecule has 0 aliphatic heterocycles. The van der Waals surface area contributed by atoms with Crippen LogP contribution in [0.5, 0.6) is 0 Å². The van der Waals surface area contributed by atoms with Crippen LogP contribution in [-0.2, 0) is 6.54 Å². The highest BCUT2D eigenvalue weighted by Gasteiger charge is 2.20. The van der Waals surface area contributed by atoms with Gasteiger partial charge in [-0.15, -0.1) is 0 Å². The van der Waals surface area contributed by atoms with E-state index in [9.17, 15) is 0 Å². The van der Waals surface area contributed by atoms with Gasteiger partial charge in [0.25, 0.3) is 0 Å². The molecule has 1 aliphatic carbocycles. The zero-order valence-electron chi connectivity index (χ0n) is 11.0. The molecule has 1 heterocycles. The second kappa shape index (κ2) is 5.43. The minimum absolute atomic E-state index is 0.810. The largest absolute Gasteiger partial charge is 0.394 e. The van der Waals surface area contributed by atoms with Crippen LogP contribution in [-0.4, -0.2) is 16.3 Å². The van der Waals surface area contributed by atoms with Gasteiger partial charge in [-0.1, -0.05) is 19.8 Å². The van der Waals surface area contributed by atoms with E-state index in [1.807, 2.05) is 11.6 Å². The summed E-state index contributed by atoms with van der Waals surface area (Å²) in [7, 11) is 0. The molecular weight excluding hydrogens is 212 g/mol. The molecule has 0 unspecified atom stereocenters. The lowest BCUT2D eigenvalue weighted by Gasteiger charge is -2.09. The Morgan fingerprint density at radius 1 is 1.47 bits per heavy atom. The Bertz CT molecular complexity index is 366. The first kappa shape index (κ1) is 12.3. The summed E-state index contributed by atoms with van der Waals surface area (Å²) in [5.74, 6) is 2.02. The fourth-order valence-electron chi connectivity index (χ4n) is 2.16. The second-order valence-corrected chi connectivity index (χ2v) is 5.08. The van der Waals surface area contributed by atoms with Gasteiger partial charge in [-0.3, -0.25) is 0 Å². The number of hydrogen-bond donors (Lipinski definition) is 2. The molecule has 0 aromatic carbocycles. The first-order chi connectivity index (χ1) is 8.22. The average molecular weight is 236 g/mol. The van der Waals surface area contributed by atoms with Crippen molar-refractivity contribution in [2.45, 2.75) is 52.5 Å². The summed E-state index contributed by atoms with van der Waals surface area (Å²) in [4.78, 5) is 0. The molecular formula is C13H24N4. The van der Waals surface area contributed by atoms with Gasteiger partial charge in [-0.2, -0.15) is 5.10 Å². The van der Waals surface area contributed by atoms with Gasteiger partial charge in [0.1, 0.15) is 5.82 Å². The SMILES string of the molecule is CCCn1nc(C)c(N)c1NCCCC1CC1. The van der Waals surface area contributed by atoms with Gasteiger partial charge >= 0.3 is 0 Å². The highest BCUT2D eigenvalue weighted by Crippen LogP contribution is 2.33. The summed E-state index contributed by atoms with van der Waals surface area (Å²) < 4.78 is 2.00. The van der Waals surface area contributed by atoms with Crippen molar-refractivity contribution >= 4 is 11.5 Å². The number of rotatable bonds is 7. The summed E-state index contributed by atoms with van der Waals surface area (Å²) >= 11 is 0. The van der Waals surface area contributed by atoms with Crippen molar-refractivity contribution in [1.82, 2.24) is 9.78 Å². The van der Waals surface area contributed by atoms with Crippen LogP contribution in [0.4, 0.5) is 11.5 Å². The van der Waals surface area contributed by atoms with Gasteiger partial charge in [-0.05, 0) is 32.1 Å². The topological polar surface area (TPSA) is 55.9 Å². The molecule has 0 bridgehead atoms. The van der Waals surface area contributed by atoms with Crippen LogP contribution >= 0.6 is 0 Å². The van der Waals surface area contributed by atoms with Crippen molar-refractivity contribution in [3.05, 3.63) is 5.69 Å². The molecule has 1 saturated carbocycles. The molecule has 2 rings (SSSR count). The summed E-state index contributed by atoms with van der Waals surface area (Å²) in [6.07, 6.45) is 6.55. The van der Waals surface area contributed by atoms with Crippen LogP contribution in [0.3, 0.4) is 0 Å². The third-order valence-electron chi connectivity index (χ3n) is 3.39. The zero-order chi connectivity index (χ0) is 12.3. The van der Waals surface area contributed by atoms with Gasteiger partial charge in [0.05, 0.1) is 11.4 Å². The Morgan fingerprint density at radius 3 is 2.88 bits per heavy atom. The van der Waals surface area contributed by atoms with Crippen molar-refractivity contribution in [3.8, 4) is 0 Å². The van der Waals surface area contributed by atoms with E-state index >= 15 is 0 Å². The number of aromatic nitrogens is 2. The number of hydrogen-bond acceptors (Lipinski definition) is 3. The molecule has 0 atom stereocenters. The number of nitrogen functional groups attached to an aromatic ring is 1. The normalized spacial score (nSPS) is 15.2. The van der Waals surface area contributed by atoms with Crippen molar-refractivity contribution in [3.63, 3.8) is 0 Å². The molecule has 0 amide bonds. The van der Waals surface area contributed by atoms with E-state index < -0.39 is 0 Å². The first-order valence-corrected chi connectivity index (χ1v) is 6.79. The number of nitrogens with one attached hydrogen (secondary N) is 1. The Kier molecular flexibility index (Phi) is 3.92. The Morgan fingerprint density at radius 2 is 2.24 bits per heavy atom. The Hall–Kier alpha value is -1.19. The van der Waals surface area contributed by atoms with Gasteiger partial charge in [0, 0.05) is 13.1 Å². The third kappa shape index (κ3) is 3.14. The van der Waals surface area contributed by atoms with Crippen LogP contribution in [0, 0.1) is 12.8 Å². The van der Waals surface area contributed by atoms with Crippen molar-refractivity contribution in [2.75, 3.05) is 17.6 Å². The van der Waals surface area contributed by atoms with Gasteiger partial charge in [0.2, 0.25) is 0 Å². The smallest absolute Gasteiger partial charge is 0.148 e. The van der Waals surface area contributed by atoms with Crippen molar-refractivity contribution in [2.24, 2.45) is 5.92 Å². The van der Waals surface area contributed by atoms with Crippen LogP contribution < -0.4 is 11.1 Å². The molecule has 4 heteroatoms. The Labute approximate surface area is 104 Å². The molecule has 1 aromatic heterocycles. The van der Waals surface area contributed by atoms with E-state index in [1.165, 1.54) is 25.7 Å². The molecule has 0 radical (unpaired) electrons. The van der Waals surface area contributed by atoms with Crippen LogP contribution in [0.15, 0.2) is 0 Å². The second-order valence-electron chi connectivity index (χ2n) is 5.08. The van der Waals surface area contributed by atoms with Crippen molar-refractivity contribution < 1.29 is 0 Å². The molecule has 1 fully saturated rings. The van der Waals surface area contributed by atoms with Crippen molar-refractivity contribution in [1.29, 1.82) is 0 Å². The standard InChI is InChI=1S/C13H24N4/c1-3-9-17-13(12(14)10(2)16-17)15-8-4-5-11-6-7-11/h11,15H,3-9,14H2,1-2H3. The predicted molar refractivity (Wildman–Crippen MR) is 72.1 cm³/mol. The highest BCUT2D eigenvalue weighted by atomic mass is 15.3. The maximum Gasteiger partial charge on any atom is 0.148 e. The van der Waals surface area contributed by atoms with Gasteiger partial charge in [-0.25, -0.2) is 4.68 Å². The molecule has 0 saturated heterocycles. The maximum atomic E-state index is 6.04. The summed E-state index contributed by atoms with van der Waals surface area (Å²) in [6, 6.07) is 0. The monoisotopic (exact) mass is 236 g/mol. The maximum absolute atomic E-state index is 6.04. The quantitative estimate of drug-likeness (QED) is 0.716. The summed E-state index contributed by atoms with van der Waals surface area (Å²) in [6.45, 7) is 6.07. The van der Waals surface area contributed by atoms with E-state index in [0.717, 1.165) is 42.6 Å². The molecule has 0 spiro atoms. The number of nitrogens with zero attached hydrogens (tertiary/aromatic N) is 2.